The first-order valence-electron chi connectivity index (χ1n) is 10.4. The lowest BCUT2D eigenvalue weighted by Gasteiger charge is -2.13. The number of benzene rings is 2. The second kappa shape index (κ2) is 8.64. The molecule has 1 aliphatic heterocycles. The Morgan fingerprint density at radius 2 is 2.00 bits per heavy atom. The fourth-order valence-electron chi connectivity index (χ4n) is 3.92. The van der Waals surface area contributed by atoms with Gasteiger partial charge in [0.05, 0.1) is 30.0 Å². The average molecular weight is 451 g/mol. The van der Waals surface area contributed by atoms with Gasteiger partial charge in [-0.1, -0.05) is 23.7 Å². The Balaban J connectivity index is 1.66. The number of aromatic nitrogens is 4. The Morgan fingerprint density at radius 1 is 1.19 bits per heavy atom. The van der Waals surface area contributed by atoms with Crippen molar-refractivity contribution in [2.24, 2.45) is 0 Å². The summed E-state index contributed by atoms with van der Waals surface area (Å²) in [6.07, 6.45) is 2.24. The molecule has 1 atom stereocenters. The number of halogens is 1. The molecule has 0 spiro atoms. The van der Waals surface area contributed by atoms with Crippen LogP contribution in [0, 0.1) is 0 Å². The number of fused-ring (bicyclic) bond motifs is 1. The molecule has 164 valence electrons. The molecule has 0 aliphatic carbocycles. The van der Waals surface area contributed by atoms with Gasteiger partial charge < -0.3 is 20.5 Å². The number of methoxy groups -OCH3 is 1. The van der Waals surface area contributed by atoms with Gasteiger partial charge in [0, 0.05) is 23.7 Å². The molecule has 1 aliphatic rings. The van der Waals surface area contributed by atoms with Crippen LogP contribution in [0.2, 0.25) is 5.02 Å². The van der Waals surface area contributed by atoms with Gasteiger partial charge in [0.15, 0.2) is 5.65 Å². The number of nitrogen functional groups attached to an aromatic ring is 1. The third-order valence-electron chi connectivity index (χ3n) is 5.51. The van der Waals surface area contributed by atoms with Crippen molar-refractivity contribution in [3.05, 3.63) is 53.6 Å². The Kier molecular flexibility index (Phi) is 5.55. The van der Waals surface area contributed by atoms with Crippen LogP contribution in [0.1, 0.15) is 12.8 Å². The molecular weight excluding hydrogens is 428 g/mol. The minimum absolute atomic E-state index is 0.153. The lowest BCUT2D eigenvalue weighted by atomic mass is 10.1. The van der Waals surface area contributed by atoms with E-state index >= 15 is 0 Å². The number of ether oxygens (including phenoxy) is 2. The molecule has 1 unspecified atom stereocenters. The van der Waals surface area contributed by atoms with Crippen LogP contribution in [0.5, 0.6) is 5.75 Å². The van der Waals surface area contributed by atoms with Crippen LogP contribution >= 0.6 is 11.6 Å². The maximum atomic E-state index is 6.57. The zero-order chi connectivity index (χ0) is 22.1. The first-order valence-corrected chi connectivity index (χ1v) is 10.8. The first kappa shape index (κ1) is 20.5. The Morgan fingerprint density at radius 3 is 2.75 bits per heavy atom. The van der Waals surface area contributed by atoms with Gasteiger partial charge in [0.1, 0.15) is 11.6 Å². The highest BCUT2D eigenvalue weighted by Crippen LogP contribution is 2.37. The summed E-state index contributed by atoms with van der Waals surface area (Å²) in [4.78, 5) is 9.46. The van der Waals surface area contributed by atoms with E-state index in [1.54, 1.807) is 23.9 Å². The fourth-order valence-corrected chi connectivity index (χ4v) is 4.04. The summed E-state index contributed by atoms with van der Waals surface area (Å²) >= 11 is 6.05. The van der Waals surface area contributed by atoms with Crippen molar-refractivity contribution in [3.63, 3.8) is 0 Å². The van der Waals surface area contributed by atoms with Crippen LogP contribution < -0.4 is 15.8 Å². The molecule has 1 saturated heterocycles. The molecule has 4 aromatic rings. The number of rotatable bonds is 6. The van der Waals surface area contributed by atoms with Crippen molar-refractivity contribution in [2.75, 3.05) is 31.3 Å². The second-order valence-corrected chi connectivity index (χ2v) is 8.02. The Bertz CT molecular complexity index is 1250. The van der Waals surface area contributed by atoms with Crippen LogP contribution in [0.25, 0.3) is 28.0 Å². The van der Waals surface area contributed by atoms with Crippen molar-refractivity contribution in [1.29, 1.82) is 0 Å². The minimum atomic E-state index is 0.153. The summed E-state index contributed by atoms with van der Waals surface area (Å²) in [5, 5.41) is 9.28. The summed E-state index contributed by atoms with van der Waals surface area (Å²) in [6, 6.07) is 15.0. The van der Waals surface area contributed by atoms with Crippen molar-refractivity contribution in [2.45, 2.75) is 18.9 Å². The van der Waals surface area contributed by atoms with E-state index in [4.69, 9.17) is 31.8 Å². The largest absolute Gasteiger partial charge is 0.496 e. The average Bonchev–Trinajstić information content (AvgIpc) is 3.46. The van der Waals surface area contributed by atoms with Gasteiger partial charge in [0.2, 0.25) is 5.95 Å². The molecule has 0 radical (unpaired) electrons. The number of nitrogens with two attached hydrogens (primary N) is 1. The molecule has 0 amide bonds. The minimum Gasteiger partial charge on any atom is -0.496 e. The van der Waals surface area contributed by atoms with E-state index in [0.717, 1.165) is 30.7 Å². The molecule has 5 rings (SSSR count). The van der Waals surface area contributed by atoms with Gasteiger partial charge >= 0.3 is 0 Å². The van der Waals surface area contributed by atoms with E-state index in [-0.39, 0.29) is 6.10 Å². The number of nitrogens with one attached hydrogen (secondary N) is 1. The molecule has 1 fully saturated rings. The quantitative estimate of drug-likeness (QED) is 0.451. The lowest BCUT2D eigenvalue weighted by Crippen LogP contribution is -2.19. The summed E-state index contributed by atoms with van der Waals surface area (Å²) < 4.78 is 13.0. The van der Waals surface area contributed by atoms with Crippen molar-refractivity contribution in [1.82, 2.24) is 19.7 Å². The summed E-state index contributed by atoms with van der Waals surface area (Å²) in [7, 11) is 1.63. The van der Waals surface area contributed by atoms with Crippen LogP contribution in [0.4, 0.5) is 11.8 Å². The number of nitrogens with zero attached hydrogens (tertiary/aromatic N) is 4. The predicted octanol–water partition coefficient (Wildman–Crippen LogP) is 4.32. The second-order valence-electron chi connectivity index (χ2n) is 7.58. The smallest absolute Gasteiger partial charge is 0.225 e. The first-order chi connectivity index (χ1) is 15.6. The van der Waals surface area contributed by atoms with Crippen LogP contribution in [0.3, 0.4) is 0 Å². The fraction of sp³-hybridized carbons (Fsp3) is 0.261. The van der Waals surface area contributed by atoms with Gasteiger partial charge in [-0.05, 0) is 49.2 Å². The van der Waals surface area contributed by atoms with E-state index in [9.17, 15) is 0 Å². The van der Waals surface area contributed by atoms with Crippen LogP contribution in [0.15, 0.2) is 48.5 Å². The van der Waals surface area contributed by atoms with Crippen LogP contribution in [-0.2, 0) is 4.74 Å². The van der Waals surface area contributed by atoms with E-state index in [1.807, 2.05) is 36.4 Å². The van der Waals surface area contributed by atoms with Gasteiger partial charge in [-0.2, -0.15) is 4.98 Å². The maximum absolute atomic E-state index is 6.57. The van der Waals surface area contributed by atoms with E-state index in [0.29, 0.717) is 45.8 Å². The summed E-state index contributed by atoms with van der Waals surface area (Å²) in [5.74, 6) is 1.60. The lowest BCUT2D eigenvalue weighted by molar-refractivity contribution is 0.120. The van der Waals surface area contributed by atoms with E-state index < -0.39 is 0 Å². The van der Waals surface area contributed by atoms with Gasteiger partial charge in [-0.15, -0.1) is 5.10 Å². The molecule has 3 N–H and O–H groups in total. The SMILES string of the molecule is COc1ccccc1-c1nc(NCC2CCCO2)nc2nn(-c3ccc(Cl)cc3)c(N)c12. The van der Waals surface area contributed by atoms with Crippen molar-refractivity contribution in [3.8, 4) is 22.7 Å². The molecule has 2 aromatic heterocycles. The van der Waals surface area contributed by atoms with Crippen molar-refractivity contribution >= 4 is 34.4 Å². The van der Waals surface area contributed by atoms with Gasteiger partial charge in [-0.25, -0.2) is 9.67 Å². The molecule has 8 nitrogen and oxygen atoms in total. The van der Waals surface area contributed by atoms with E-state index in [2.05, 4.69) is 15.4 Å². The predicted molar refractivity (Wildman–Crippen MR) is 126 cm³/mol. The van der Waals surface area contributed by atoms with Gasteiger partial charge in [-0.3, -0.25) is 0 Å². The van der Waals surface area contributed by atoms with Crippen molar-refractivity contribution < 1.29 is 9.47 Å². The topological polar surface area (TPSA) is 100 Å². The summed E-state index contributed by atoms with van der Waals surface area (Å²) in [5.41, 5.74) is 9.30. The standard InChI is InChI=1S/C23H23ClN6O2/c1-31-18-7-3-2-6-17(18)20-19-21(25)30(15-10-8-14(24)9-11-15)29-22(19)28-23(27-20)26-13-16-5-4-12-32-16/h2-3,6-11,16H,4-5,12-13,25H2,1H3,(H,26,28,29). The Labute approximate surface area is 190 Å². The molecule has 9 heteroatoms. The molecular formula is C23H23ClN6O2. The highest BCUT2D eigenvalue weighted by molar-refractivity contribution is 6.30. The molecule has 0 bridgehead atoms. The third kappa shape index (κ3) is 3.83. The number of hydrogen-bond acceptors (Lipinski definition) is 7. The molecule has 32 heavy (non-hydrogen) atoms. The zero-order valence-electron chi connectivity index (χ0n) is 17.6. The molecule has 0 saturated carbocycles. The van der Waals surface area contributed by atoms with Crippen LogP contribution in [-0.4, -0.2) is 46.1 Å². The highest BCUT2D eigenvalue weighted by atomic mass is 35.5. The monoisotopic (exact) mass is 450 g/mol. The van der Waals surface area contributed by atoms with E-state index in [1.165, 1.54) is 0 Å². The molecule has 2 aromatic carbocycles. The number of anilines is 2. The highest BCUT2D eigenvalue weighted by Gasteiger charge is 2.22. The number of para-hydroxylation sites is 1. The normalized spacial score (nSPS) is 15.9. The zero-order valence-corrected chi connectivity index (χ0v) is 18.3. The molecule has 3 heterocycles. The number of hydrogen-bond donors (Lipinski definition) is 2. The Hall–Kier alpha value is -3.36. The van der Waals surface area contributed by atoms with Gasteiger partial charge in [0.25, 0.3) is 0 Å². The summed E-state index contributed by atoms with van der Waals surface area (Å²) in [6.45, 7) is 1.42. The third-order valence-corrected chi connectivity index (χ3v) is 5.77. The maximum Gasteiger partial charge on any atom is 0.225 e.